The molecule has 2 fully saturated rings. The minimum Gasteiger partial charge on any atom is -0.373 e. The van der Waals surface area contributed by atoms with Crippen molar-refractivity contribution in [1.29, 1.82) is 0 Å². The molecule has 26 heavy (non-hydrogen) atoms. The molecule has 1 aromatic carbocycles. The van der Waals surface area contributed by atoms with Crippen molar-refractivity contribution in [2.75, 3.05) is 17.7 Å². The molecule has 4 rings (SSSR count). The molecule has 3 heterocycles. The molecule has 2 aliphatic heterocycles. The maximum absolute atomic E-state index is 13.1. The second-order valence-corrected chi connectivity index (χ2v) is 7.22. The van der Waals surface area contributed by atoms with Crippen molar-refractivity contribution in [2.24, 2.45) is 5.92 Å². The van der Waals surface area contributed by atoms with Crippen LogP contribution in [0.5, 0.6) is 0 Å². The van der Waals surface area contributed by atoms with Gasteiger partial charge in [0.1, 0.15) is 0 Å². The fourth-order valence-electron chi connectivity index (χ4n) is 4.12. The summed E-state index contributed by atoms with van der Waals surface area (Å²) in [7, 11) is 1.79. The van der Waals surface area contributed by atoms with E-state index in [1.807, 2.05) is 30.6 Å². The predicted molar refractivity (Wildman–Crippen MR) is 100 cm³/mol. The SMILES string of the molecule is CNc1ncc([C@@H]2[C@@H](C(=O)Nc3ccc(C)c(C)c3)[C@H]3CC[C@@H]2O3)cn1. The fourth-order valence-corrected chi connectivity index (χ4v) is 4.12. The highest BCUT2D eigenvalue weighted by Crippen LogP contribution is 2.49. The van der Waals surface area contributed by atoms with Crippen LogP contribution in [0.25, 0.3) is 0 Å². The fraction of sp³-hybridized carbons (Fsp3) is 0.450. The van der Waals surface area contributed by atoms with Gasteiger partial charge < -0.3 is 15.4 Å². The van der Waals surface area contributed by atoms with Crippen LogP contribution in [-0.4, -0.2) is 35.1 Å². The Bertz CT molecular complexity index is 821. The van der Waals surface area contributed by atoms with Gasteiger partial charge in [-0.05, 0) is 55.5 Å². The number of ether oxygens (including phenoxy) is 1. The lowest BCUT2D eigenvalue weighted by molar-refractivity contribution is -0.121. The van der Waals surface area contributed by atoms with Gasteiger partial charge in [-0.1, -0.05) is 6.07 Å². The van der Waals surface area contributed by atoms with Gasteiger partial charge in [0.2, 0.25) is 11.9 Å². The zero-order chi connectivity index (χ0) is 18.3. The molecule has 4 atom stereocenters. The highest BCUT2D eigenvalue weighted by atomic mass is 16.5. The minimum atomic E-state index is -0.209. The number of hydrogen-bond donors (Lipinski definition) is 2. The van der Waals surface area contributed by atoms with Crippen LogP contribution >= 0.6 is 0 Å². The third-order valence-corrected chi connectivity index (χ3v) is 5.63. The van der Waals surface area contributed by atoms with Gasteiger partial charge in [-0.25, -0.2) is 9.97 Å². The van der Waals surface area contributed by atoms with E-state index >= 15 is 0 Å². The summed E-state index contributed by atoms with van der Waals surface area (Å²) in [5.41, 5.74) is 4.18. The van der Waals surface area contributed by atoms with E-state index in [9.17, 15) is 4.79 Å². The van der Waals surface area contributed by atoms with Crippen molar-refractivity contribution in [1.82, 2.24) is 9.97 Å². The Morgan fingerprint density at radius 3 is 2.54 bits per heavy atom. The van der Waals surface area contributed by atoms with E-state index in [0.717, 1.165) is 24.1 Å². The van der Waals surface area contributed by atoms with E-state index in [2.05, 4.69) is 34.4 Å². The van der Waals surface area contributed by atoms with Crippen LogP contribution in [0, 0.1) is 19.8 Å². The maximum Gasteiger partial charge on any atom is 0.230 e. The Morgan fingerprint density at radius 1 is 1.12 bits per heavy atom. The summed E-state index contributed by atoms with van der Waals surface area (Å²) in [4.78, 5) is 21.7. The van der Waals surface area contributed by atoms with E-state index in [-0.39, 0.29) is 30.0 Å². The number of rotatable bonds is 4. The summed E-state index contributed by atoms with van der Waals surface area (Å²) in [5.74, 6) is 0.391. The number of fused-ring (bicyclic) bond motifs is 2. The Hall–Kier alpha value is -2.47. The highest BCUT2D eigenvalue weighted by molar-refractivity contribution is 5.94. The van der Waals surface area contributed by atoms with Crippen LogP contribution in [-0.2, 0) is 9.53 Å². The van der Waals surface area contributed by atoms with Gasteiger partial charge in [0.15, 0.2) is 0 Å². The molecule has 0 saturated carbocycles. The molecule has 0 spiro atoms. The van der Waals surface area contributed by atoms with Crippen molar-refractivity contribution in [3.05, 3.63) is 47.3 Å². The summed E-state index contributed by atoms with van der Waals surface area (Å²) in [6.45, 7) is 4.12. The third kappa shape index (κ3) is 2.94. The molecule has 6 heteroatoms. The average Bonchev–Trinajstić information content (AvgIpc) is 3.26. The molecule has 2 aromatic rings. The summed E-state index contributed by atoms with van der Waals surface area (Å²) in [6.07, 6.45) is 5.58. The highest BCUT2D eigenvalue weighted by Gasteiger charge is 2.53. The first-order valence-corrected chi connectivity index (χ1v) is 9.10. The Labute approximate surface area is 153 Å². The molecule has 136 valence electrons. The Balaban J connectivity index is 1.58. The van der Waals surface area contributed by atoms with Crippen LogP contribution in [0.2, 0.25) is 0 Å². The van der Waals surface area contributed by atoms with Crippen LogP contribution in [0.1, 0.15) is 35.4 Å². The van der Waals surface area contributed by atoms with Crippen molar-refractivity contribution in [2.45, 2.75) is 44.8 Å². The van der Waals surface area contributed by atoms with Crippen LogP contribution < -0.4 is 10.6 Å². The minimum absolute atomic E-state index is 0.00574. The monoisotopic (exact) mass is 352 g/mol. The quantitative estimate of drug-likeness (QED) is 0.884. The van der Waals surface area contributed by atoms with Gasteiger partial charge in [-0.2, -0.15) is 0 Å². The summed E-state index contributed by atoms with van der Waals surface area (Å²) in [5, 5.41) is 6.01. The van der Waals surface area contributed by atoms with Gasteiger partial charge in [0.25, 0.3) is 0 Å². The van der Waals surface area contributed by atoms with E-state index in [4.69, 9.17) is 4.74 Å². The van der Waals surface area contributed by atoms with Crippen LogP contribution in [0.15, 0.2) is 30.6 Å². The maximum atomic E-state index is 13.1. The predicted octanol–water partition coefficient (Wildman–Crippen LogP) is 3.03. The van der Waals surface area contributed by atoms with E-state index in [1.54, 1.807) is 7.05 Å². The Morgan fingerprint density at radius 2 is 1.85 bits per heavy atom. The molecule has 0 unspecified atom stereocenters. The zero-order valence-corrected chi connectivity index (χ0v) is 15.3. The first-order chi connectivity index (χ1) is 12.6. The molecule has 6 nitrogen and oxygen atoms in total. The lowest BCUT2D eigenvalue weighted by Crippen LogP contribution is -2.36. The molecule has 1 aromatic heterocycles. The van der Waals surface area contributed by atoms with Gasteiger partial charge in [-0.15, -0.1) is 0 Å². The number of anilines is 2. The van der Waals surface area contributed by atoms with Gasteiger partial charge in [-0.3, -0.25) is 4.79 Å². The molecule has 1 amide bonds. The summed E-state index contributed by atoms with van der Waals surface area (Å²) < 4.78 is 6.08. The number of amides is 1. The molecule has 0 radical (unpaired) electrons. The smallest absolute Gasteiger partial charge is 0.230 e. The number of aromatic nitrogens is 2. The number of hydrogen-bond acceptors (Lipinski definition) is 5. The van der Waals surface area contributed by atoms with Crippen molar-refractivity contribution in [3.8, 4) is 0 Å². The molecular weight excluding hydrogens is 328 g/mol. The van der Waals surface area contributed by atoms with Gasteiger partial charge in [0, 0.05) is 31.0 Å². The van der Waals surface area contributed by atoms with Crippen molar-refractivity contribution < 1.29 is 9.53 Å². The second kappa shape index (κ2) is 6.68. The van der Waals surface area contributed by atoms with E-state index in [0.29, 0.717) is 5.95 Å². The Kier molecular flexibility index (Phi) is 4.36. The molecule has 2 N–H and O–H groups in total. The molecule has 2 aliphatic rings. The number of benzene rings is 1. The lowest BCUT2D eigenvalue weighted by atomic mass is 9.75. The van der Waals surface area contributed by atoms with Crippen molar-refractivity contribution >= 4 is 17.5 Å². The summed E-state index contributed by atoms with van der Waals surface area (Å²) in [6, 6.07) is 6.00. The molecule has 0 aliphatic carbocycles. The molecular formula is C20H24N4O2. The first kappa shape index (κ1) is 17.0. The first-order valence-electron chi connectivity index (χ1n) is 9.10. The molecule has 2 saturated heterocycles. The van der Waals surface area contributed by atoms with E-state index < -0.39 is 0 Å². The normalized spacial score (nSPS) is 26.7. The lowest BCUT2D eigenvalue weighted by Gasteiger charge is -2.27. The zero-order valence-electron chi connectivity index (χ0n) is 15.3. The molecule has 2 bridgehead atoms. The van der Waals surface area contributed by atoms with Gasteiger partial charge in [0.05, 0.1) is 18.1 Å². The topological polar surface area (TPSA) is 76.1 Å². The second-order valence-electron chi connectivity index (χ2n) is 7.22. The largest absolute Gasteiger partial charge is 0.373 e. The number of nitrogens with zero attached hydrogens (tertiary/aromatic N) is 2. The number of nitrogens with one attached hydrogen (secondary N) is 2. The number of carbonyl (C=O) groups is 1. The summed E-state index contributed by atoms with van der Waals surface area (Å²) >= 11 is 0. The average molecular weight is 352 g/mol. The standard InChI is InChI=1S/C20H24N4O2/c1-11-4-5-14(8-12(11)2)24-19(25)18-16-7-6-15(26-16)17(18)13-9-22-20(21-3)23-10-13/h4-5,8-10,15-18H,6-7H2,1-3H3,(H,24,25)(H,21,22,23)/t15-,16+,17-,18-/m0/s1. The van der Waals surface area contributed by atoms with Crippen LogP contribution in [0.3, 0.4) is 0 Å². The number of aryl methyl sites for hydroxylation is 2. The third-order valence-electron chi connectivity index (χ3n) is 5.63. The van der Waals surface area contributed by atoms with Crippen molar-refractivity contribution in [3.63, 3.8) is 0 Å². The number of carbonyl (C=O) groups excluding carboxylic acids is 1. The van der Waals surface area contributed by atoms with E-state index in [1.165, 1.54) is 11.1 Å². The van der Waals surface area contributed by atoms with Crippen LogP contribution in [0.4, 0.5) is 11.6 Å². The van der Waals surface area contributed by atoms with Gasteiger partial charge >= 0.3 is 0 Å².